The molecule has 0 radical (unpaired) electrons. The first-order chi connectivity index (χ1) is 9.58. The molecule has 1 saturated heterocycles. The number of nitrogens with zero attached hydrogens (tertiary/aromatic N) is 1. The number of rotatable bonds is 6. The monoisotopic (exact) mass is 278 g/mol. The van der Waals surface area contributed by atoms with E-state index in [9.17, 15) is 10.1 Å². The largest absolute Gasteiger partial charge is 0.493 e. The quantitative estimate of drug-likeness (QED) is 0.493. The summed E-state index contributed by atoms with van der Waals surface area (Å²) >= 11 is 0. The minimum atomic E-state index is -0.357. The van der Waals surface area contributed by atoms with E-state index in [1.54, 1.807) is 13.0 Å². The van der Waals surface area contributed by atoms with Crippen molar-refractivity contribution in [2.24, 2.45) is 0 Å². The molecule has 0 bridgehead atoms. The summed E-state index contributed by atoms with van der Waals surface area (Å²) < 4.78 is 5.71. The van der Waals surface area contributed by atoms with Gasteiger partial charge >= 0.3 is 0 Å². The first kappa shape index (κ1) is 14.8. The van der Waals surface area contributed by atoms with Gasteiger partial charge in [-0.1, -0.05) is 0 Å². The summed E-state index contributed by atoms with van der Waals surface area (Å²) in [5, 5.41) is 14.4. The highest BCUT2D eigenvalue weighted by Gasteiger charge is 2.15. The Morgan fingerprint density at radius 2 is 2.20 bits per heavy atom. The van der Waals surface area contributed by atoms with Crippen LogP contribution in [0.5, 0.6) is 5.75 Å². The van der Waals surface area contributed by atoms with Crippen LogP contribution in [0.2, 0.25) is 0 Å². The molecule has 1 N–H and O–H groups in total. The molecule has 1 heterocycles. The summed E-state index contributed by atoms with van der Waals surface area (Å²) in [6.07, 6.45) is 4.58. The maximum atomic E-state index is 10.9. The van der Waals surface area contributed by atoms with E-state index in [0.717, 1.165) is 24.9 Å². The second kappa shape index (κ2) is 6.70. The lowest BCUT2D eigenvalue weighted by atomic mass is 10.1. The highest BCUT2D eigenvalue weighted by atomic mass is 16.6. The normalized spacial score (nSPS) is 18.2. The number of nitro groups is 1. The average molecular weight is 278 g/mol. The van der Waals surface area contributed by atoms with Gasteiger partial charge in [0.15, 0.2) is 0 Å². The van der Waals surface area contributed by atoms with E-state index < -0.39 is 0 Å². The van der Waals surface area contributed by atoms with Crippen LogP contribution in [0, 0.1) is 24.0 Å². The Morgan fingerprint density at radius 3 is 2.85 bits per heavy atom. The second-order valence-corrected chi connectivity index (χ2v) is 5.45. The summed E-state index contributed by atoms with van der Waals surface area (Å²) in [6, 6.07) is 3.97. The SMILES string of the molecule is Cc1cc(C)c([N+](=O)[O-])cc1OCCCC1CCCN1. The maximum absolute atomic E-state index is 10.9. The molecule has 1 unspecified atom stereocenters. The van der Waals surface area contributed by atoms with E-state index >= 15 is 0 Å². The zero-order chi connectivity index (χ0) is 14.5. The fourth-order valence-electron chi connectivity index (χ4n) is 2.69. The van der Waals surface area contributed by atoms with E-state index in [-0.39, 0.29) is 10.6 Å². The zero-order valence-electron chi connectivity index (χ0n) is 12.1. The lowest BCUT2D eigenvalue weighted by Crippen LogP contribution is -2.21. The molecule has 0 amide bonds. The zero-order valence-corrected chi connectivity index (χ0v) is 12.1. The van der Waals surface area contributed by atoms with Crippen molar-refractivity contribution in [1.29, 1.82) is 0 Å². The topological polar surface area (TPSA) is 64.4 Å². The molecule has 0 saturated carbocycles. The molecule has 2 rings (SSSR count). The smallest absolute Gasteiger partial charge is 0.276 e. The molecule has 5 heteroatoms. The molecule has 1 aliphatic heterocycles. The Labute approximate surface area is 119 Å². The van der Waals surface area contributed by atoms with Gasteiger partial charge in [0.25, 0.3) is 5.69 Å². The van der Waals surface area contributed by atoms with Gasteiger partial charge in [0.2, 0.25) is 0 Å². The van der Waals surface area contributed by atoms with E-state index in [4.69, 9.17) is 4.74 Å². The standard InChI is InChI=1S/C15H22N2O3/c1-11-9-12(2)15(10-14(11)17(18)19)20-8-4-6-13-5-3-7-16-13/h9-10,13,16H,3-8H2,1-2H3. The van der Waals surface area contributed by atoms with Crippen molar-refractivity contribution in [1.82, 2.24) is 5.32 Å². The third kappa shape index (κ3) is 3.70. The molecule has 0 spiro atoms. The summed E-state index contributed by atoms with van der Waals surface area (Å²) in [5.41, 5.74) is 1.75. The van der Waals surface area contributed by atoms with Crippen LogP contribution in [0.3, 0.4) is 0 Å². The Hall–Kier alpha value is -1.62. The van der Waals surface area contributed by atoms with Crippen molar-refractivity contribution in [3.63, 3.8) is 0 Å². The van der Waals surface area contributed by atoms with Gasteiger partial charge in [-0.05, 0) is 57.7 Å². The Morgan fingerprint density at radius 1 is 1.40 bits per heavy atom. The van der Waals surface area contributed by atoms with Gasteiger partial charge in [0.1, 0.15) is 5.75 Å². The minimum Gasteiger partial charge on any atom is -0.493 e. The highest BCUT2D eigenvalue weighted by molar-refractivity contribution is 5.49. The molecule has 0 aliphatic carbocycles. The van der Waals surface area contributed by atoms with Gasteiger partial charge in [0.05, 0.1) is 17.6 Å². The molecule has 1 aromatic rings. The lowest BCUT2D eigenvalue weighted by molar-refractivity contribution is -0.385. The molecule has 1 atom stereocenters. The Balaban J connectivity index is 1.88. The third-order valence-corrected chi connectivity index (χ3v) is 3.81. The van der Waals surface area contributed by atoms with Crippen molar-refractivity contribution in [3.8, 4) is 5.75 Å². The number of ether oxygens (including phenoxy) is 1. The molecule has 0 aromatic heterocycles. The summed E-state index contributed by atoms with van der Waals surface area (Å²) in [4.78, 5) is 10.6. The van der Waals surface area contributed by atoms with Crippen LogP contribution in [0.1, 0.15) is 36.8 Å². The molecule has 1 aliphatic rings. The van der Waals surface area contributed by atoms with Crippen LogP contribution in [0.15, 0.2) is 12.1 Å². The maximum Gasteiger partial charge on any atom is 0.276 e. The van der Waals surface area contributed by atoms with Crippen LogP contribution < -0.4 is 10.1 Å². The number of nitro benzene ring substituents is 1. The fourth-order valence-corrected chi connectivity index (χ4v) is 2.69. The summed E-state index contributed by atoms with van der Waals surface area (Å²) in [5.74, 6) is 0.627. The van der Waals surface area contributed by atoms with Crippen LogP contribution in [0.25, 0.3) is 0 Å². The Kier molecular flexibility index (Phi) is 4.95. The summed E-state index contributed by atoms with van der Waals surface area (Å²) in [7, 11) is 0. The molecule has 110 valence electrons. The van der Waals surface area contributed by atoms with Crippen LogP contribution in [-0.4, -0.2) is 24.1 Å². The predicted molar refractivity (Wildman–Crippen MR) is 78.3 cm³/mol. The number of hydrogen-bond acceptors (Lipinski definition) is 4. The molecule has 1 fully saturated rings. The van der Waals surface area contributed by atoms with Crippen LogP contribution in [-0.2, 0) is 0 Å². The van der Waals surface area contributed by atoms with Crippen LogP contribution >= 0.6 is 0 Å². The van der Waals surface area contributed by atoms with Gasteiger partial charge in [-0.3, -0.25) is 10.1 Å². The van der Waals surface area contributed by atoms with E-state index in [1.165, 1.54) is 12.8 Å². The molecular formula is C15H22N2O3. The van der Waals surface area contributed by atoms with Gasteiger partial charge in [-0.15, -0.1) is 0 Å². The van der Waals surface area contributed by atoms with E-state index in [0.29, 0.717) is 24.0 Å². The number of nitrogens with one attached hydrogen (secondary N) is 1. The van der Waals surface area contributed by atoms with Crippen molar-refractivity contribution in [2.45, 2.75) is 45.6 Å². The molecular weight excluding hydrogens is 256 g/mol. The molecule has 1 aromatic carbocycles. The van der Waals surface area contributed by atoms with Gasteiger partial charge in [-0.25, -0.2) is 0 Å². The first-order valence-corrected chi connectivity index (χ1v) is 7.19. The van der Waals surface area contributed by atoms with Crippen molar-refractivity contribution >= 4 is 5.69 Å². The van der Waals surface area contributed by atoms with Gasteiger partial charge < -0.3 is 10.1 Å². The van der Waals surface area contributed by atoms with Crippen molar-refractivity contribution in [3.05, 3.63) is 33.4 Å². The highest BCUT2D eigenvalue weighted by Crippen LogP contribution is 2.28. The number of benzene rings is 1. The van der Waals surface area contributed by atoms with E-state index in [1.807, 2.05) is 13.0 Å². The van der Waals surface area contributed by atoms with Crippen LogP contribution in [0.4, 0.5) is 5.69 Å². The van der Waals surface area contributed by atoms with Gasteiger partial charge in [0, 0.05) is 11.6 Å². The number of aryl methyl sites for hydroxylation is 2. The average Bonchev–Trinajstić information content (AvgIpc) is 2.89. The fraction of sp³-hybridized carbons (Fsp3) is 0.600. The predicted octanol–water partition coefficient (Wildman–Crippen LogP) is 3.12. The minimum absolute atomic E-state index is 0.128. The summed E-state index contributed by atoms with van der Waals surface area (Å²) in [6.45, 7) is 5.40. The second-order valence-electron chi connectivity index (χ2n) is 5.45. The van der Waals surface area contributed by atoms with E-state index in [2.05, 4.69) is 5.32 Å². The third-order valence-electron chi connectivity index (χ3n) is 3.81. The lowest BCUT2D eigenvalue weighted by Gasteiger charge is -2.12. The molecule has 5 nitrogen and oxygen atoms in total. The first-order valence-electron chi connectivity index (χ1n) is 7.19. The van der Waals surface area contributed by atoms with Crippen molar-refractivity contribution < 1.29 is 9.66 Å². The Bertz CT molecular complexity index is 482. The molecule has 20 heavy (non-hydrogen) atoms. The van der Waals surface area contributed by atoms with Crippen molar-refractivity contribution in [2.75, 3.05) is 13.2 Å². The number of hydrogen-bond donors (Lipinski definition) is 1. The van der Waals surface area contributed by atoms with Gasteiger partial charge in [-0.2, -0.15) is 0 Å².